The summed E-state index contributed by atoms with van der Waals surface area (Å²) in [6, 6.07) is 34.2. The van der Waals surface area contributed by atoms with E-state index in [0.29, 0.717) is 165 Å². The van der Waals surface area contributed by atoms with Crippen LogP contribution in [-0.4, -0.2) is 141 Å². The highest BCUT2D eigenvalue weighted by Gasteiger charge is 2.43. The first-order valence-electron chi connectivity index (χ1n) is 49.7. The van der Waals surface area contributed by atoms with E-state index in [9.17, 15) is 19.2 Å². The number of esters is 4. The van der Waals surface area contributed by atoms with Gasteiger partial charge >= 0.3 is 23.9 Å². The zero-order chi connectivity index (χ0) is 100. The Morgan fingerprint density at radius 2 is 0.410 bits per heavy atom. The van der Waals surface area contributed by atoms with E-state index in [1.807, 2.05) is 0 Å². The maximum Gasteiger partial charge on any atom is 0.338 e. The van der Waals surface area contributed by atoms with Crippen LogP contribution in [0.15, 0.2) is 171 Å². The van der Waals surface area contributed by atoms with Gasteiger partial charge in [0.25, 0.3) is 23.6 Å². The van der Waals surface area contributed by atoms with Crippen LogP contribution >= 0.6 is 0 Å². The molecule has 744 valence electrons. The van der Waals surface area contributed by atoms with Crippen molar-refractivity contribution in [3.8, 4) is 91.5 Å². The molecule has 0 saturated carbocycles. The number of hydrogen-bond acceptors (Lipinski definition) is 28. The minimum absolute atomic E-state index is 0.156. The van der Waals surface area contributed by atoms with Crippen molar-refractivity contribution in [2.24, 2.45) is 0 Å². The number of nitrogens with one attached hydrogen (secondary N) is 4. The van der Waals surface area contributed by atoms with Gasteiger partial charge in [-0.2, -0.15) is 0 Å². The van der Waals surface area contributed by atoms with Crippen LogP contribution in [0.3, 0.4) is 0 Å². The quantitative estimate of drug-likeness (QED) is 0.0157. The summed E-state index contributed by atoms with van der Waals surface area (Å²) in [5.41, 5.74) is 12.2. The predicted octanol–water partition coefficient (Wildman–Crippen LogP) is 20.0. The van der Waals surface area contributed by atoms with Gasteiger partial charge < -0.3 is 78.1 Å². The molecule has 4 amide bonds. The van der Waals surface area contributed by atoms with E-state index in [1.165, 1.54) is 49.6 Å². The van der Waals surface area contributed by atoms with Crippen LogP contribution in [0, 0.1) is 0 Å². The van der Waals surface area contributed by atoms with Gasteiger partial charge in [0.15, 0.2) is 0 Å². The van der Waals surface area contributed by atoms with E-state index in [-0.39, 0.29) is 97.1 Å². The molecule has 32 nitrogen and oxygen atoms in total. The van der Waals surface area contributed by atoms with Gasteiger partial charge in [-0.3, -0.25) is 59.0 Å². The topological polar surface area (TPSA) is 399 Å². The summed E-state index contributed by atoms with van der Waals surface area (Å²) < 4.78 is 80.3. The molecule has 4 aromatic carbocycles. The van der Waals surface area contributed by atoms with Crippen LogP contribution in [0.2, 0.25) is 0 Å². The zero-order valence-electron chi connectivity index (χ0n) is 82.0. The summed E-state index contributed by atoms with van der Waals surface area (Å²) in [6.07, 6.45) is 23.2. The summed E-state index contributed by atoms with van der Waals surface area (Å²) in [6.45, 7) is 13.6. The Morgan fingerprint density at radius 1 is 0.243 bits per heavy atom. The first-order valence-corrected chi connectivity index (χ1v) is 49.7. The molecule has 0 spiro atoms. The van der Waals surface area contributed by atoms with E-state index >= 15 is 19.2 Å². The minimum Gasteiger partial charge on any atom is -0.462 e. The summed E-state index contributed by atoms with van der Waals surface area (Å²) in [5.74, 6) is -3.77. The van der Waals surface area contributed by atoms with Gasteiger partial charge in [0, 0.05) is 140 Å². The molecular formula is C112H116N12O20. The van der Waals surface area contributed by atoms with E-state index in [2.05, 4.69) is 113 Å². The average molecular weight is 1950 g/mol. The van der Waals surface area contributed by atoms with E-state index in [1.54, 1.807) is 125 Å². The first-order chi connectivity index (χ1) is 70.4. The summed E-state index contributed by atoms with van der Waals surface area (Å²) in [5, 5.41) is 13.3. The first kappa shape index (κ1) is 99.8. The highest BCUT2D eigenvalue weighted by atomic mass is 16.7. The van der Waals surface area contributed by atoms with Gasteiger partial charge in [0.1, 0.15) is 46.0 Å². The van der Waals surface area contributed by atoms with Crippen LogP contribution in [0.4, 0.5) is 0 Å². The van der Waals surface area contributed by atoms with Gasteiger partial charge in [-0.1, -0.05) is 105 Å². The van der Waals surface area contributed by atoms with Crippen molar-refractivity contribution >= 4 is 47.5 Å². The van der Waals surface area contributed by atoms with Crippen molar-refractivity contribution in [3.05, 3.63) is 282 Å². The third kappa shape index (κ3) is 22.0. The van der Waals surface area contributed by atoms with Crippen LogP contribution in [0.25, 0.3) is 45.6 Å². The lowest BCUT2D eigenvalue weighted by Crippen LogP contribution is -2.29. The minimum atomic E-state index is -0.648. The van der Waals surface area contributed by atoms with E-state index in [0.717, 1.165) is 95.9 Å². The molecule has 32 heteroatoms. The lowest BCUT2D eigenvalue weighted by molar-refractivity contribution is 0.0516. The molecule has 0 atom stereocenters. The number of amides is 4. The van der Waals surface area contributed by atoms with Gasteiger partial charge in [-0.25, -0.2) is 19.2 Å². The fourth-order valence-corrected chi connectivity index (χ4v) is 19.6. The molecule has 12 aromatic rings. The number of aromatic nitrogens is 8. The molecular weight excluding hydrogens is 1830 g/mol. The number of carbonyl (C=O) groups is 8. The van der Waals surface area contributed by atoms with E-state index in [4.69, 9.17) is 56.8 Å². The Balaban J connectivity index is 0.916. The van der Waals surface area contributed by atoms with Crippen molar-refractivity contribution in [2.75, 3.05) is 53.6 Å². The molecule has 8 bridgehead atoms. The zero-order valence-corrected chi connectivity index (χ0v) is 82.0. The number of rotatable bonds is 40. The number of benzene rings is 4. The number of ether oxygens (including phenoxy) is 12. The third-order valence-electron chi connectivity index (χ3n) is 26.5. The highest BCUT2D eigenvalue weighted by Crippen LogP contribution is 2.59. The lowest BCUT2D eigenvalue weighted by Gasteiger charge is -2.38. The number of unbranched alkanes of at least 4 members (excludes halogenated alkanes) is 8. The summed E-state index contributed by atoms with van der Waals surface area (Å²) in [7, 11) is 0. The molecule has 4 aliphatic heterocycles. The van der Waals surface area contributed by atoms with Crippen LogP contribution in [-0.2, 0) is 45.1 Å². The smallest absolute Gasteiger partial charge is 0.338 e. The second-order valence-corrected chi connectivity index (χ2v) is 35.6. The fourth-order valence-electron chi connectivity index (χ4n) is 19.6. The fraction of sp³-hybridized carbons (Fsp3) is 0.357. The largest absolute Gasteiger partial charge is 0.462 e. The number of pyridine rings is 8. The number of carbonyl (C=O) groups excluding carboxylic acids is 8. The average Bonchev–Trinajstić information content (AvgIpc) is 0.717. The Labute approximate surface area is 834 Å². The van der Waals surface area contributed by atoms with E-state index < -0.39 is 98.3 Å². The lowest BCUT2D eigenvalue weighted by atomic mass is 9.74. The molecule has 144 heavy (non-hydrogen) atoms. The maximum atomic E-state index is 15.6. The van der Waals surface area contributed by atoms with Crippen LogP contribution in [0.1, 0.15) is 331 Å². The number of hydrogen-bond donors (Lipinski definition) is 4. The highest BCUT2D eigenvalue weighted by molar-refractivity contribution is 5.99. The normalized spacial score (nSPS) is 14.8. The van der Waals surface area contributed by atoms with Crippen molar-refractivity contribution in [3.63, 3.8) is 0 Å². The van der Waals surface area contributed by atoms with Crippen molar-refractivity contribution < 1.29 is 95.2 Å². The van der Waals surface area contributed by atoms with Crippen LogP contribution < -0.4 is 59.2 Å². The van der Waals surface area contributed by atoms with Gasteiger partial charge in [-0.15, -0.1) is 0 Å². The van der Waals surface area contributed by atoms with Crippen LogP contribution in [0.5, 0.6) is 46.0 Å². The Bertz CT molecular complexity index is 5910. The van der Waals surface area contributed by atoms with Crippen molar-refractivity contribution in [1.82, 2.24) is 61.1 Å². The molecule has 4 N–H and O–H groups in total. The third-order valence-corrected chi connectivity index (χ3v) is 26.5. The van der Waals surface area contributed by atoms with Gasteiger partial charge in [0.05, 0.1) is 143 Å². The molecule has 17 rings (SSSR count). The summed E-state index contributed by atoms with van der Waals surface area (Å²) in [4.78, 5) is 152. The molecule has 0 saturated heterocycles. The molecule has 0 fully saturated rings. The van der Waals surface area contributed by atoms with Gasteiger partial charge in [-0.05, 0) is 175 Å². The molecule has 0 unspecified atom stereocenters. The van der Waals surface area contributed by atoms with Crippen molar-refractivity contribution in [2.45, 2.75) is 208 Å². The van der Waals surface area contributed by atoms with Gasteiger partial charge in [0.2, 0.25) is 27.2 Å². The monoisotopic (exact) mass is 1950 g/mol. The molecule has 1 aliphatic carbocycles. The molecule has 0 radical (unpaired) electrons. The van der Waals surface area contributed by atoms with Crippen molar-refractivity contribution in [1.29, 1.82) is 0 Å². The SMILES string of the molecule is CCCCCC1c2cc3c4c(CNC(=O)c5ccnc(-c6cc(C(=O)OCC)ccn6)c5)c2OCOc2c1cc1c(c2CNC(=O)c2ccnc(-c5cc(C(=O)OCC)ccn5)c2)OCOc2c(cc5c(c2CNC(=O)c2ccnc(-c6cc(C(=O)OCC)ccn6)c2)OCOc2c(cc(c(c2CNC(=O)c2ccnc(-c6cc(C(=O)OCC)ccn6)c2)OCO4)C3CCCCC)C5CCCCC)C1CCCCC. The molecule has 8 aromatic heterocycles. The second-order valence-electron chi connectivity index (χ2n) is 35.6. The molecule has 5 aliphatic rings. The Hall–Kier alpha value is -15.8. The maximum absolute atomic E-state index is 15.6. The Kier molecular flexibility index (Phi) is 32.4. The standard InChI is InChI=1S/C112H116N12O20/c1-9-17-21-25-73-77-53-79-74(26-22-18-10-2)81-55-83-76(28-24-20-12-4)84-56-82-75(27-23-19-11-3)80-54-78(73)98-86(58-122-106(126)66-30-38-114-90(46-66)94-50-70(34-42-118-94)110(130)134-14-6)100(80)140-63-142-102(82)88(60-124-108(128)68-32-40-116-92(48-68)96-52-72(36-44-120-96)112(132)136-16-8)104(84)144-64-143-103(83)87(59-123-107(127)67-31-39-115-91(47-67)95-51-71(35-43-119-95)111(131)135-15-7)101(81)141-62-139-99(79)85(97(77)137-61-138-98)57-121-105(125)65-29-37-113-89(45-65)93-49-69(33-41-117-93)109(129)133-13-5/h29-56,73-76H,9-28,57-64H2,1-8H3,(H,121,125)(H,122,126)(H,123,127)(H,124,128). The second kappa shape index (κ2) is 46.8. The summed E-state index contributed by atoms with van der Waals surface area (Å²) >= 11 is 0. The Morgan fingerprint density at radius 3 is 0.576 bits per heavy atom. The number of nitrogens with zero attached hydrogens (tertiary/aromatic N) is 8. The predicted molar refractivity (Wildman–Crippen MR) is 533 cm³/mol. The molecule has 12 heterocycles.